The Kier molecular flexibility index (Phi) is 6.67. The van der Waals surface area contributed by atoms with Gasteiger partial charge in [-0.2, -0.15) is 0 Å². The summed E-state index contributed by atoms with van der Waals surface area (Å²) in [5.41, 5.74) is 0.747. The van der Waals surface area contributed by atoms with Gasteiger partial charge in [-0.05, 0) is 48.6 Å². The molecule has 3 aromatic rings. The van der Waals surface area contributed by atoms with Gasteiger partial charge >= 0.3 is 0 Å². The van der Waals surface area contributed by atoms with Crippen molar-refractivity contribution in [3.05, 3.63) is 66.2 Å². The lowest BCUT2D eigenvalue weighted by Crippen LogP contribution is -2.43. The van der Waals surface area contributed by atoms with Crippen molar-refractivity contribution in [1.82, 2.24) is 9.80 Å². The Morgan fingerprint density at radius 1 is 1.06 bits per heavy atom. The van der Waals surface area contributed by atoms with Gasteiger partial charge in [0.15, 0.2) is 6.61 Å². The van der Waals surface area contributed by atoms with Crippen LogP contribution in [0.5, 0.6) is 11.5 Å². The molecule has 1 unspecified atom stereocenters. The van der Waals surface area contributed by atoms with Crippen LogP contribution in [0.2, 0.25) is 0 Å². The van der Waals surface area contributed by atoms with Crippen molar-refractivity contribution in [1.29, 1.82) is 0 Å². The average Bonchev–Trinajstić information content (AvgIpc) is 3.33. The van der Waals surface area contributed by atoms with E-state index < -0.39 is 6.04 Å². The van der Waals surface area contributed by atoms with Gasteiger partial charge in [-0.1, -0.05) is 30.3 Å². The molecule has 1 aliphatic heterocycles. The third kappa shape index (κ3) is 4.80. The molecule has 0 aliphatic carbocycles. The molecule has 3 amide bonds. The van der Waals surface area contributed by atoms with Crippen LogP contribution in [-0.2, 0) is 9.59 Å². The van der Waals surface area contributed by atoms with Gasteiger partial charge in [0.05, 0.1) is 5.56 Å². The number of carbonyl (C=O) groups is 3. The van der Waals surface area contributed by atoms with Crippen LogP contribution in [0, 0.1) is 0 Å². The van der Waals surface area contributed by atoms with E-state index in [1.165, 1.54) is 9.80 Å². The van der Waals surface area contributed by atoms with E-state index in [2.05, 4.69) is 5.32 Å². The van der Waals surface area contributed by atoms with Gasteiger partial charge in [-0.3, -0.25) is 14.4 Å². The third-order valence-corrected chi connectivity index (χ3v) is 5.93. The number of hydrogen-bond donors (Lipinski definition) is 2. The number of amides is 3. The minimum atomic E-state index is -0.632. The van der Waals surface area contributed by atoms with Crippen molar-refractivity contribution < 1.29 is 24.2 Å². The van der Waals surface area contributed by atoms with Crippen LogP contribution in [0.15, 0.2) is 60.7 Å². The Morgan fingerprint density at radius 3 is 2.53 bits per heavy atom. The number of likely N-dealkylation sites (N-methyl/N-ethyl adjacent to an activating group) is 1. The van der Waals surface area contributed by atoms with Crippen molar-refractivity contribution in [3.63, 3.8) is 0 Å². The fourth-order valence-electron chi connectivity index (χ4n) is 4.00. The number of benzene rings is 3. The minimum absolute atomic E-state index is 0.0700. The zero-order valence-corrected chi connectivity index (χ0v) is 19.2. The van der Waals surface area contributed by atoms with Gasteiger partial charge in [0.1, 0.15) is 17.5 Å². The van der Waals surface area contributed by atoms with Gasteiger partial charge < -0.3 is 25.0 Å². The van der Waals surface area contributed by atoms with E-state index in [4.69, 9.17) is 4.74 Å². The van der Waals surface area contributed by atoms with E-state index in [0.29, 0.717) is 36.2 Å². The van der Waals surface area contributed by atoms with Crippen molar-refractivity contribution in [2.24, 2.45) is 0 Å². The number of phenols is 1. The van der Waals surface area contributed by atoms with E-state index in [-0.39, 0.29) is 35.6 Å². The van der Waals surface area contributed by atoms with Gasteiger partial charge in [0.2, 0.25) is 5.91 Å². The maximum atomic E-state index is 13.2. The molecule has 0 saturated carbocycles. The van der Waals surface area contributed by atoms with Crippen LogP contribution in [0.4, 0.5) is 5.69 Å². The molecule has 0 radical (unpaired) electrons. The Hall–Kier alpha value is -4.07. The summed E-state index contributed by atoms with van der Waals surface area (Å²) in [6.45, 7) is 0.370. The van der Waals surface area contributed by atoms with E-state index in [9.17, 15) is 19.5 Å². The lowest BCUT2D eigenvalue weighted by Gasteiger charge is -2.24. The van der Waals surface area contributed by atoms with Crippen LogP contribution >= 0.6 is 0 Å². The predicted octanol–water partition coefficient (Wildman–Crippen LogP) is 3.26. The van der Waals surface area contributed by atoms with Crippen molar-refractivity contribution in [2.75, 3.05) is 32.6 Å². The highest BCUT2D eigenvalue weighted by Crippen LogP contribution is 2.31. The topological polar surface area (TPSA) is 99.2 Å². The molecule has 3 aromatic carbocycles. The summed E-state index contributed by atoms with van der Waals surface area (Å²) < 4.78 is 5.45. The molecule has 1 saturated heterocycles. The zero-order valence-electron chi connectivity index (χ0n) is 19.2. The molecule has 8 heteroatoms. The first-order chi connectivity index (χ1) is 16.3. The van der Waals surface area contributed by atoms with Crippen LogP contribution in [0.3, 0.4) is 0 Å². The molecule has 8 nitrogen and oxygen atoms in total. The van der Waals surface area contributed by atoms with Gasteiger partial charge in [0.25, 0.3) is 11.8 Å². The highest BCUT2D eigenvalue weighted by molar-refractivity contribution is 6.06. The number of likely N-dealkylation sites (tertiary alicyclic amines) is 1. The monoisotopic (exact) mass is 461 g/mol. The summed E-state index contributed by atoms with van der Waals surface area (Å²) in [6, 6.07) is 16.8. The van der Waals surface area contributed by atoms with Crippen molar-refractivity contribution in [3.8, 4) is 11.5 Å². The van der Waals surface area contributed by atoms with Crippen LogP contribution in [0.1, 0.15) is 23.2 Å². The second-order valence-corrected chi connectivity index (χ2v) is 8.43. The predicted molar refractivity (Wildman–Crippen MR) is 129 cm³/mol. The SMILES string of the molecule is CN(C)C(=O)COc1ccc(NC(=O)C2CCCN2C(=O)c2ccc3ccccc3c2O)cc1. The molecule has 0 spiro atoms. The summed E-state index contributed by atoms with van der Waals surface area (Å²) in [5.74, 6) is -0.367. The molecule has 4 rings (SSSR count). The van der Waals surface area contributed by atoms with Crippen molar-refractivity contribution >= 4 is 34.2 Å². The average molecular weight is 462 g/mol. The quantitative estimate of drug-likeness (QED) is 0.587. The smallest absolute Gasteiger partial charge is 0.259 e. The second-order valence-electron chi connectivity index (χ2n) is 8.43. The molecule has 1 heterocycles. The largest absolute Gasteiger partial charge is 0.506 e. The van der Waals surface area contributed by atoms with E-state index in [1.54, 1.807) is 62.6 Å². The number of aromatic hydroxyl groups is 1. The molecule has 0 bridgehead atoms. The number of anilines is 1. The first-order valence-electron chi connectivity index (χ1n) is 11.1. The molecular weight excluding hydrogens is 434 g/mol. The van der Waals surface area contributed by atoms with Crippen molar-refractivity contribution in [2.45, 2.75) is 18.9 Å². The van der Waals surface area contributed by atoms with Gasteiger partial charge in [-0.25, -0.2) is 0 Å². The Bertz CT molecular complexity index is 1220. The normalized spacial score (nSPS) is 15.2. The molecule has 0 aromatic heterocycles. The summed E-state index contributed by atoms with van der Waals surface area (Å²) in [5, 5.41) is 15.0. The van der Waals surface area contributed by atoms with E-state index >= 15 is 0 Å². The van der Waals surface area contributed by atoms with E-state index in [1.807, 2.05) is 12.1 Å². The summed E-state index contributed by atoms with van der Waals surface area (Å²) in [4.78, 5) is 40.8. The lowest BCUT2D eigenvalue weighted by atomic mass is 10.0. The standard InChI is InChI=1S/C26H27N3O5/c1-28(2)23(30)16-34-19-12-10-18(11-13-19)27-25(32)22-8-5-15-29(22)26(33)21-14-9-17-6-3-4-7-20(17)24(21)31/h3-4,6-7,9-14,22,31H,5,8,15-16H2,1-2H3,(H,27,32). The summed E-state index contributed by atoms with van der Waals surface area (Å²) in [7, 11) is 3.31. The third-order valence-electron chi connectivity index (χ3n) is 5.93. The number of phenolic OH excluding ortho intramolecular Hbond substituents is 1. The maximum absolute atomic E-state index is 13.2. The number of nitrogens with zero attached hydrogens (tertiary/aromatic N) is 2. The summed E-state index contributed by atoms with van der Waals surface area (Å²) in [6.07, 6.45) is 1.24. The minimum Gasteiger partial charge on any atom is -0.506 e. The maximum Gasteiger partial charge on any atom is 0.259 e. The van der Waals surface area contributed by atoms with Crippen LogP contribution in [0.25, 0.3) is 10.8 Å². The molecule has 1 atom stereocenters. The van der Waals surface area contributed by atoms with E-state index in [0.717, 1.165) is 5.39 Å². The van der Waals surface area contributed by atoms with Crippen LogP contribution < -0.4 is 10.1 Å². The fraction of sp³-hybridized carbons (Fsp3) is 0.269. The second kappa shape index (κ2) is 9.82. The molecule has 34 heavy (non-hydrogen) atoms. The van der Waals surface area contributed by atoms with Gasteiger partial charge in [0, 0.05) is 31.7 Å². The molecule has 1 fully saturated rings. The molecule has 176 valence electrons. The molecular formula is C26H27N3O5. The zero-order chi connectivity index (χ0) is 24.2. The number of carbonyl (C=O) groups excluding carboxylic acids is 3. The number of rotatable bonds is 6. The summed E-state index contributed by atoms with van der Waals surface area (Å²) >= 11 is 0. The number of fused-ring (bicyclic) bond motifs is 1. The first-order valence-corrected chi connectivity index (χ1v) is 11.1. The molecule has 1 aliphatic rings. The van der Waals surface area contributed by atoms with Gasteiger partial charge in [-0.15, -0.1) is 0 Å². The highest BCUT2D eigenvalue weighted by Gasteiger charge is 2.35. The Morgan fingerprint density at radius 2 is 1.79 bits per heavy atom. The number of nitrogens with one attached hydrogen (secondary N) is 1. The number of hydrogen-bond acceptors (Lipinski definition) is 5. The molecule has 2 N–H and O–H groups in total. The lowest BCUT2D eigenvalue weighted by molar-refractivity contribution is -0.130. The fourth-order valence-corrected chi connectivity index (χ4v) is 4.00. The number of ether oxygens (including phenoxy) is 1. The highest BCUT2D eigenvalue weighted by atomic mass is 16.5. The Balaban J connectivity index is 1.43. The first kappa shape index (κ1) is 23.1. The van der Waals surface area contributed by atoms with Crippen LogP contribution in [-0.4, -0.2) is 65.9 Å². The Labute approximate surface area is 197 Å².